The van der Waals surface area contributed by atoms with Gasteiger partial charge >= 0.3 is 0 Å². The first-order valence-corrected chi connectivity index (χ1v) is 8.53. The van der Waals surface area contributed by atoms with Crippen molar-refractivity contribution >= 4 is 33.3 Å². The van der Waals surface area contributed by atoms with E-state index in [-0.39, 0.29) is 0 Å². The van der Waals surface area contributed by atoms with Gasteiger partial charge in [0.1, 0.15) is 5.82 Å². The summed E-state index contributed by atoms with van der Waals surface area (Å²) in [5, 5.41) is 4.25. The standard InChI is InChI=1S/C15H23BrClN3/c1-11(2)8-18-10-13-5-3-4-6-20(13)15-14(16)7-12(17)9-19-15/h7,9,11,13,18H,3-6,8,10H2,1-2H3. The SMILES string of the molecule is CC(C)CNCC1CCCCN1c1ncc(Cl)cc1Br. The number of pyridine rings is 1. The summed E-state index contributed by atoms with van der Waals surface area (Å²) in [6.45, 7) is 7.64. The predicted octanol–water partition coefficient (Wildman–Crippen LogP) is 4.10. The Hall–Kier alpha value is -0.320. The molecule has 0 bridgehead atoms. The number of hydrogen-bond acceptors (Lipinski definition) is 3. The van der Waals surface area contributed by atoms with Crippen LogP contribution in [0, 0.1) is 5.92 Å². The normalized spacial score (nSPS) is 19.6. The summed E-state index contributed by atoms with van der Waals surface area (Å²) >= 11 is 9.58. The van der Waals surface area contributed by atoms with Gasteiger partial charge in [-0.1, -0.05) is 25.4 Å². The van der Waals surface area contributed by atoms with Gasteiger partial charge in [-0.15, -0.1) is 0 Å². The van der Waals surface area contributed by atoms with E-state index >= 15 is 0 Å². The summed E-state index contributed by atoms with van der Waals surface area (Å²) in [6, 6.07) is 2.45. The molecule has 0 aromatic carbocycles. The predicted molar refractivity (Wildman–Crippen MR) is 89.6 cm³/mol. The second kappa shape index (κ2) is 7.62. The van der Waals surface area contributed by atoms with E-state index in [0.29, 0.717) is 17.0 Å². The van der Waals surface area contributed by atoms with Crippen LogP contribution in [0.4, 0.5) is 5.82 Å². The van der Waals surface area contributed by atoms with Crippen LogP contribution in [-0.2, 0) is 0 Å². The minimum Gasteiger partial charge on any atom is -0.351 e. The maximum absolute atomic E-state index is 5.99. The molecule has 0 saturated carbocycles. The molecule has 1 aliphatic rings. The van der Waals surface area contributed by atoms with Gasteiger partial charge in [-0.3, -0.25) is 0 Å². The quantitative estimate of drug-likeness (QED) is 0.857. The molecule has 1 aromatic heterocycles. The van der Waals surface area contributed by atoms with Gasteiger partial charge in [0.15, 0.2) is 0 Å². The molecule has 1 unspecified atom stereocenters. The van der Waals surface area contributed by atoms with Crippen molar-refractivity contribution in [2.24, 2.45) is 5.92 Å². The van der Waals surface area contributed by atoms with Gasteiger partial charge in [0, 0.05) is 25.3 Å². The Bertz CT molecular complexity index is 439. The average Bonchev–Trinajstić information content (AvgIpc) is 2.39. The second-order valence-electron chi connectivity index (χ2n) is 5.85. The van der Waals surface area contributed by atoms with E-state index in [4.69, 9.17) is 11.6 Å². The highest BCUT2D eigenvalue weighted by Crippen LogP contribution is 2.31. The summed E-state index contributed by atoms with van der Waals surface area (Å²) in [4.78, 5) is 6.93. The zero-order valence-electron chi connectivity index (χ0n) is 12.2. The van der Waals surface area contributed by atoms with Gasteiger partial charge in [-0.2, -0.15) is 0 Å². The third-order valence-electron chi connectivity index (χ3n) is 3.62. The molecule has 1 saturated heterocycles. The summed E-state index contributed by atoms with van der Waals surface area (Å²) in [7, 11) is 0. The molecule has 2 heterocycles. The van der Waals surface area contributed by atoms with Crippen LogP contribution in [0.2, 0.25) is 5.02 Å². The largest absolute Gasteiger partial charge is 0.351 e. The molecule has 0 aliphatic carbocycles. The lowest BCUT2D eigenvalue weighted by atomic mass is 10.0. The van der Waals surface area contributed by atoms with Gasteiger partial charge in [-0.05, 0) is 53.7 Å². The molecule has 5 heteroatoms. The first-order valence-electron chi connectivity index (χ1n) is 7.36. The lowest BCUT2D eigenvalue weighted by Crippen LogP contribution is -2.46. The monoisotopic (exact) mass is 359 g/mol. The van der Waals surface area contributed by atoms with Gasteiger partial charge in [0.2, 0.25) is 0 Å². The van der Waals surface area contributed by atoms with E-state index < -0.39 is 0 Å². The Morgan fingerprint density at radius 3 is 3.00 bits per heavy atom. The minimum absolute atomic E-state index is 0.521. The molecule has 20 heavy (non-hydrogen) atoms. The maximum Gasteiger partial charge on any atom is 0.143 e. The minimum atomic E-state index is 0.521. The summed E-state index contributed by atoms with van der Waals surface area (Å²) in [5.74, 6) is 1.71. The van der Waals surface area contributed by atoms with Crippen molar-refractivity contribution in [1.29, 1.82) is 0 Å². The Balaban J connectivity index is 2.06. The Labute approximate surface area is 135 Å². The van der Waals surface area contributed by atoms with Crippen LogP contribution in [0.5, 0.6) is 0 Å². The van der Waals surface area contributed by atoms with Crippen LogP contribution in [0.3, 0.4) is 0 Å². The van der Waals surface area contributed by atoms with E-state index in [1.54, 1.807) is 6.20 Å². The molecule has 3 nitrogen and oxygen atoms in total. The number of hydrogen-bond donors (Lipinski definition) is 1. The third-order valence-corrected chi connectivity index (χ3v) is 4.41. The molecule has 0 spiro atoms. The van der Waals surface area contributed by atoms with Crippen molar-refractivity contribution in [3.63, 3.8) is 0 Å². The van der Waals surface area contributed by atoms with Crippen molar-refractivity contribution in [2.75, 3.05) is 24.5 Å². The Morgan fingerprint density at radius 1 is 1.50 bits per heavy atom. The van der Waals surface area contributed by atoms with Crippen LogP contribution >= 0.6 is 27.5 Å². The number of aromatic nitrogens is 1. The lowest BCUT2D eigenvalue weighted by Gasteiger charge is -2.37. The Morgan fingerprint density at radius 2 is 2.30 bits per heavy atom. The summed E-state index contributed by atoms with van der Waals surface area (Å²) in [5.41, 5.74) is 0. The fraction of sp³-hybridized carbons (Fsp3) is 0.667. The van der Waals surface area contributed by atoms with Crippen molar-refractivity contribution in [3.8, 4) is 0 Å². The number of piperidine rings is 1. The first kappa shape index (κ1) is 16.1. The topological polar surface area (TPSA) is 28.2 Å². The molecule has 2 rings (SSSR count). The molecule has 1 aromatic rings. The van der Waals surface area contributed by atoms with Crippen molar-refractivity contribution in [2.45, 2.75) is 39.2 Å². The van der Waals surface area contributed by atoms with E-state index in [2.05, 4.69) is 45.0 Å². The molecule has 0 amide bonds. The van der Waals surface area contributed by atoms with Crippen LogP contribution in [0.15, 0.2) is 16.7 Å². The summed E-state index contributed by atoms with van der Waals surface area (Å²) in [6.07, 6.45) is 5.49. The number of halogens is 2. The highest BCUT2D eigenvalue weighted by molar-refractivity contribution is 9.10. The molecular weight excluding hydrogens is 338 g/mol. The van der Waals surface area contributed by atoms with E-state index in [9.17, 15) is 0 Å². The molecular formula is C15H23BrClN3. The van der Waals surface area contributed by atoms with E-state index in [1.807, 2.05) is 6.07 Å². The van der Waals surface area contributed by atoms with Gasteiger partial charge in [0.25, 0.3) is 0 Å². The molecule has 1 N–H and O–H groups in total. The fourth-order valence-corrected chi connectivity index (χ4v) is 3.52. The van der Waals surface area contributed by atoms with Gasteiger partial charge < -0.3 is 10.2 Å². The molecule has 0 radical (unpaired) electrons. The highest BCUT2D eigenvalue weighted by atomic mass is 79.9. The number of nitrogens with one attached hydrogen (secondary N) is 1. The highest BCUT2D eigenvalue weighted by Gasteiger charge is 2.24. The molecule has 112 valence electrons. The van der Waals surface area contributed by atoms with Crippen LogP contribution in [-0.4, -0.2) is 30.7 Å². The van der Waals surface area contributed by atoms with Crippen molar-refractivity contribution in [3.05, 3.63) is 21.8 Å². The smallest absolute Gasteiger partial charge is 0.143 e. The summed E-state index contributed by atoms with van der Waals surface area (Å²) < 4.78 is 0.987. The maximum atomic E-state index is 5.99. The fourth-order valence-electron chi connectivity index (χ4n) is 2.65. The van der Waals surface area contributed by atoms with Crippen LogP contribution < -0.4 is 10.2 Å². The number of nitrogens with zero attached hydrogens (tertiary/aromatic N) is 2. The molecule has 1 aliphatic heterocycles. The van der Waals surface area contributed by atoms with Gasteiger partial charge in [-0.25, -0.2) is 4.98 Å². The third kappa shape index (κ3) is 4.34. The van der Waals surface area contributed by atoms with Crippen molar-refractivity contribution < 1.29 is 0 Å². The van der Waals surface area contributed by atoms with E-state index in [1.165, 1.54) is 19.3 Å². The van der Waals surface area contributed by atoms with Gasteiger partial charge in [0.05, 0.1) is 9.50 Å². The van der Waals surface area contributed by atoms with Crippen molar-refractivity contribution in [1.82, 2.24) is 10.3 Å². The Kier molecular flexibility index (Phi) is 6.12. The zero-order chi connectivity index (χ0) is 14.5. The molecule has 1 fully saturated rings. The number of rotatable bonds is 5. The first-order chi connectivity index (χ1) is 9.58. The lowest BCUT2D eigenvalue weighted by molar-refractivity contribution is 0.420. The molecule has 1 atom stereocenters. The van der Waals surface area contributed by atoms with E-state index in [0.717, 1.165) is 29.9 Å². The average molecular weight is 361 g/mol. The second-order valence-corrected chi connectivity index (χ2v) is 7.14. The van der Waals surface area contributed by atoms with Crippen LogP contribution in [0.25, 0.3) is 0 Å². The zero-order valence-corrected chi connectivity index (χ0v) is 14.5. The number of anilines is 1. The van der Waals surface area contributed by atoms with Crippen LogP contribution in [0.1, 0.15) is 33.1 Å².